The second-order valence-corrected chi connectivity index (χ2v) is 4.97. The van der Waals surface area contributed by atoms with Crippen LogP contribution in [-0.4, -0.2) is 24.0 Å². The number of ether oxygens (including phenoxy) is 1. The number of carbonyl (C=O) groups is 2. The molecule has 0 aromatic heterocycles. The molecule has 8 heteroatoms. The van der Waals surface area contributed by atoms with Crippen molar-refractivity contribution in [2.45, 2.75) is 13.0 Å². The molecule has 0 radical (unpaired) electrons. The molecule has 1 aromatic rings. The fraction of sp³-hybridized carbons (Fsp3) is 0.214. The number of rotatable bonds is 3. The Hall–Kier alpha value is -2.35. The van der Waals surface area contributed by atoms with Crippen LogP contribution in [0.1, 0.15) is 18.5 Å². The zero-order chi connectivity index (χ0) is 16.4. The van der Waals surface area contributed by atoms with E-state index in [0.717, 1.165) is 19.2 Å². The van der Waals surface area contributed by atoms with Crippen molar-refractivity contribution in [3.8, 4) is 0 Å². The maximum absolute atomic E-state index is 13.4. The number of esters is 1. The molecule has 1 heterocycles. The molecule has 1 aromatic carbocycles. The highest BCUT2D eigenvalue weighted by atomic mass is 32.1. The number of carbonyl (C=O) groups excluding carboxylic acids is 2. The molecular formula is C14H12F2N2O3S. The van der Waals surface area contributed by atoms with E-state index in [1.165, 1.54) is 6.07 Å². The highest BCUT2D eigenvalue weighted by molar-refractivity contribution is 7.80. The van der Waals surface area contributed by atoms with Crippen molar-refractivity contribution in [3.05, 3.63) is 46.7 Å². The summed E-state index contributed by atoms with van der Waals surface area (Å²) in [7, 11) is 1.08. The molecule has 1 aliphatic heterocycles. The van der Waals surface area contributed by atoms with Crippen LogP contribution in [-0.2, 0) is 14.3 Å². The van der Waals surface area contributed by atoms with Gasteiger partial charge in [-0.2, -0.15) is 0 Å². The van der Waals surface area contributed by atoms with Gasteiger partial charge in [0.05, 0.1) is 18.7 Å². The molecule has 5 nitrogen and oxygen atoms in total. The number of Topliss-reactive ketones (excluding diaryl/α,β-unsaturated/α-hetero) is 1. The molecule has 0 fully saturated rings. The van der Waals surface area contributed by atoms with E-state index in [9.17, 15) is 18.4 Å². The molecule has 1 atom stereocenters. The number of allylic oxidation sites excluding steroid dienone is 1. The van der Waals surface area contributed by atoms with E-state index in [4.69, 9.17) is 12.2 Å². The third-order valence-electron chi connectivity index (χ3n) is 3.16. The van der Waals surface area contributed by atoms with Gasteiger partial charge in [0.25, 0.3) is 5.78 Å². The smallest absolute Gasteiger partial charge is 0.379 e. The van der Waals surface area contributed by atoms with E-state index in [0.29, 0.717) is 5.70 Å². The predicted molar refractivity (Wildman–Crippen MR) is 77.7 cm³/mol. The summed E-state index contributed by atoms with van der Waals surface area (Å²) >= 11 is 5.00. The summed E-state index contributed by atoms with van der Waals surface area (Å²) in [4.78, 5) is 23.7. The molecule has 0 aliphatic carbocycles. The van der Waals surface area contributed by atoms with Crippen molar-refractivity contribution in [3.63, 3.8) is 0 Å². The van der Waals surface area contributed by atoms with Gasteiger partial charge >= 0.3 is 5.97 Å². The van der Waals surface area contributed by atoms with Gasteiger partial charge in [-0.05, 0) is 36.8 Å². The molecule has 0 bridgehead atoms. The Balaban J connectivity index is 2.52. The molecule has 0 saturated heterocycles. The summed E-state index contributed by atoms with van der Waals surface area (Å²) < 4.78 is 30.9. The number of thiocarbonyl (C=S) groups is 1. The predicted octanol–water partition coefficient (Wildman–Crippen LogP) is 1.50. The largest absolute Gasteiger partial charge is 0.463 e. The van der Waals surface area contributed by atoms with Crippen molar-refractivity contribution in [2.75, 3.05) is 7.11 Å². The maximum Gasteiger partial charge on any atom is 0.379 e. The number of benzene rings is 1. The number of hydrogen-bond donors (Lipinski definition) is 2. The number of ketones is 1. The molecule has 0 unspecified atom stereocenters. The molecular weight excluding hydrogens is 314 g/mol. The Morgan fingerprint density at radius 3 is 2.55 bits per heavy atom. The lowest BCUT2D eigenvalue weighted by Gasteiger charge is -2.29. The van der Waals surface area contributed by atoms with Crippen LogP contribution in [0.4, 0.5) is 8.78 Å². The van der Waals surface area contributed by atoms with Gasteiger partial charge in [0, 0.05) is 5.70 Å². The van der Waals surface area contributed by atoms with Crippen LogP contribution in [0.15, 0.2) is 29.5 Å². The summed E-state index contributed by atoms with van der Waals surface area (Å²) in [6.45, 7) is 1.55. The van der Waals surface area contributed by atoms with E-state index in [-0.39, 0.29) is 16.2 Å². The molecule has 2 N–H and O–H groups in total. The van der Waals surface area contributed by atoms with Crippen molar-refractivity contribution in [1.29, 1.82) is 0 Å². The summed E-state index contributed by atoms with van der Waals surface area (Å²) in [6, 6.07) is 2.31. The third kappa shape index (κ3) is 2.96. The van der Waals surface area contributed by atoms with E-state index in [1.807, 2.05) is 0 Å². The second kappa shape index (κ2) is 6.18. The minimum absolute atomic E-state index is 0.0338. The van der Waals surface area contributed by atoms with E-state index in [2.05, 4.69) is 15.4 Å². The quantitative estimate of drug-likeness (QED) is 0.498. The summed E-state index contributed by atoms with van der Waals surface area (Å²) in [5.41, 5.74) is 0.634. The van der Waals surface area contributed by atoms with Crippen LogP contribution >= 0.6 is 12.2 Å². The first-order chi connectivity index (χ1) is 10.3. The van der Waals surface area contributed by atoms with Gasteiger partial charge in [-0.3, -0.25) is 4.79 Å². The summed E-state index contributed by atoms with van der Waals surface area (Å²) in [5.74, 6) is -4.02. The molecule has 0 saturated carbocycles. The van der Waals surface area contributed by atoms with Gasteiger partial charge in [0.2, 0.25) is 0 Å². The summed E-state index contributed by atoms with van der Waals surface area (Å²) in [5, 5.41) is 5.69. The Labute approximate surface area is 130 Å². The van der Waals surface area contributed by atoms with Gasteiger partial charge in [0.15, 0.2) is 16.7 Å². The first-order valence-electron chi connectivity index (χ1n) is 6.21. The average molecular weight is 326 g/mol. The lowest BCUT2D eigenvalue weighted by atomic mass is 9.92. The van der Waals surface area contributed by atoms with E-state index in [1.54, 1.807) is 6.92 Å². The van der Waals surface area contributed by atoms with Crippen LogP contribution in [0, 0.1) is 11.6 Å². The topological polar surface area (TPSA) is 67.4 Å². The fourth-order valence-corrected chi connectivity index (χ4v) is 2.41. The minimum Gasteiger partial charge on any atom is -0.463 e. The zero-order valence-electron chi connectivity index (χ0n) is 11.7. The number of methoxy groups -OCH3 is 1. The first kappa shape index (κ1) is 16.0. The second-order valence-electron chi connectivity index (χ2n) is 4.56. The zero-order valence-corrected chi connectivity index (χ0v) is 12.5. The van der Waals surface area contributed by atoms with Gasteiger partial charge in [-0.25, -0.2) is 13.6 Å². The highest BCUT2D eigenvalue weighted by Crippen LogP contribution is 2.28. The molecule has 116 valence electrons. The Morgan fingerprint density at radius 2 is 1.95 bits per heavy atom. The number of nitrogens with one attached hydrogen (secondary N) is 2. The minimum atomic E-state index is -1.06. The molecule has 0 amide bonds. The Kier molecular flexibility index (Phi) is 4.51. The van der Waals surface area contributed by atoms with E-state index >= 15 is 0 Å². The van der Waals surface area contributed by atoms with Gasteiger partial charge < -0.3 is 15.4 Å². The SMILES string of the molecule is COC(=O)C(=O)C1=C(C)NC(=S)N[C@@H]1c1ccc(F)c(F)c1. The van der Waals surface area contributed by atoms with Crippen molar-refractivity contribution in [2.24, 2.45) is 0 Å². The number of hydrogen-bond acceptors (Lipinski definition) is 4. The van der Waals surface area contributed by atoms with Gasteiger partial charge in [-0.1, -0.05) is 6.07 Å². The van der Waals surface area contributed by atoms with E-state index < -0.39 is 29.4 Å². The average Bonchev–Trinajstić information content (AvgIpc) is 2.47. The van der Waals surface area contributed by atoms with Crippen molar-refractivity contribution >= 4 is 29.1 Å². The first-order valence-corrected chi connectivity index (χ1v) is 6.62. The third-order valence-corrected chi connectivity index (χ3v) is 3.38. The van der Waals surface area contributed by atoms with Crippen LogP contribution in [0.25, 0.3) is 0 Å². The molecule has 2 rings (SSSR count). The summed E-state index contributed by atoms with van der Waals surface area (Å²) in [6.07, 6.45) is 0. The Bertz CT molecular complexity index is 703. The van der Waals surface area contributed by atoms with Crippen LogP contribution in [0.2, 0.25) is 0 Å². The normalized spacial score (nSPS) is 17.6. The van der Waals surface area contributed by atoms with Crippen molar-refractivity contribution < 1.29 is 23.1 Å². The van der Waals surface area contributed by atoms with Crippen LogP contribution in [0.5, 0.6) is 0 Å². The number of halogens is 2. The standard InChI is InChI=1S/C14H12F2N2O3S/c1-6-10(12(19)13(20)21-2)11(18-14(22)17-6)7-3-4-8(15)9(16)5-7/h3-5,11H,1-2H3,(H2,17,18,22)/t11-/m1/s1. The molecule has 1 aliphatic rings. The lowest BCUT2D eigenvalue weighted by Crippen LogP contribution is -2.46. The van der Waals surface area contributed by atoms with Crippen LogP contribution in [0.3, 0.4) is 0 Å². The van der Waals surface area contributed by atoms with Gasteiger partial charge in [-0.15, -0.1) is 0 Å². The molecule has 0 spiro atoms. The maximum atomic E-state index is 13.4. The fourth-order valence-electron chi connectivity index (χ4n) is 2.14. The van der Waals surface area contributed by atoms with Crippen molar-refractivity contribution in [1.82, 2.24) is 10.6 Å². The van der Waals surface area contributed by atoms with Gasteiger partial charge in [0.1, 0.15) is 0 Å². The lowest BCUT2D eigenvalue weighted by molar-refractivity contribution is -0.150. The monoisotopic (exact) mass is 326 g/mol. The Morgan fingerprint density at radius 1 is 1.27 bits per heavy atom. The van der Waals surface area contributed by atoms with Crippen LogP contribution < -0.4 is 10.6 Å². The molecule has 22 heavy (non-hydrogen) atoms. The highest BCUT2D eigenvalue weighted by Gasteiger charge is 2.34.